The summed E-state index contributed by atoms with van der Waals surface area (Å²) in [6, 6.07) is 1.07. The van der Waals surface area contributed by atoms with Gasteiger partial charge in [0.2, 0.25) is 0 Å². The van der Waals surface area contributed by atoms with E-state index < -0.39 is 17.3 Å². The standard InChI is InChI=1S/C9H5ClFNO2/c10-3-1-2-6-4-7(9(13)14)8(11)5-12-6/h4-5H,3H2,(H,13,14). The van der Waals surface area contributed by atoms with Gasteiger partial charge in [0.1, 0.15) is 5.69 Å². The highest BCUT2D eigenvalue weighted by Crippen LogP contribution is 2.06. The summed E-state index contributed by atoms with van der Waals surface area (Å²) in [5.74, 6) is 2.87. The van der Waals surface area contributed by atoms with E-state index in [2.05, 4.69) is 16.8 Å². The summed E-state index contributed by atoms with van der Waals surface area (Å²) in [4.78, 5) is 14.1. The number of aromatic carboxylic acids is 1. The van der Waals surface area contributed by atoms with Crippen molar-refractivity contribution >= 4 is 17.6 Å². The molecule has 0 amide bonds. The van der Waals surface area contributed by atoms with Crippen LogP contribution in [-0.2, 0) is 0 Å². The number of carboxylic acids is 1. The Balaban J connectivity index is 3.13. The van der Waals surface area contributed by atoms with Gasteiger partial charge in [0.05, 0.1) is 17.6 Å². The largest absolute Gasteiger partial charge is 0.478 e. The summed E-state index contributed by atoms with van der Waals surface area (Å²) >= 11 is 5.29. The van der Waals surface area contributed by atoms with E-state index in [1.165, 1.54) is 0 Å². The third kappa shape index (κ3) is 2.44. The van der Waals surface area contributed by atoms with Gasteiger partial charge >= 0.3 is 5.97 Å². The zero-order valence-electron chi connectivity index (χ0n) is 6.92. The lowest BCUT2D eigenvalue weighted by Gasteiger charge is -1.96. The number of carbonyl (C=O) groups is 1. The van der Waals surface area contributed by atoms with Crippen LogP contribution in [0.4, 0.5) is 4.39 Å². The fourth-order valence-corrected chi connectivity index (χ4v) is 0.862. The van der Waals surface area contributed by atoms with E-state index in [4.69, 9.17) is 16.7 Å². The molecule has 0 radical (unpaired) electrons. The Morgan fingerprint density at radius 2 is 2.43 bits per heavy atom. The summed E-state index contributed by atoms with van der Waals surface area (Å²) in [5, 5.41) is 8.57. The summed E-state index contributed by atoms with van der Waals surface area (Å²) in [5.41, 5.74) is -0.261. The number of alkyl halides is 1. The summed E-state index contributed by atoms with van der Waals surface area (Å²) in [6.07, 6.45) is 0.821. The molecule has 0 spiro atoms. The maximum Gasteiger partial charge on any atom is 0.338 e. The van der Waals surface area contributed by atoms with Crippen molar-refractivity contribution in [3.05, 3.63) is 29.3 Å². The van der Waals surface area contributed by atoms with Crippen LogP contribution in [0.1, 0.15) is 16.1 Å². The first-order valence-corrected chi connectivity index (χ1v) is 4.12. The number of hydrogen-bond acceptors (Lipinski definition) is 2. The number of aromatic nitrogens is 1. The molecule has 0 aliphatic carbocycles. The minimum absolute atomic E-state index is 0.113. The van der Waals surface area contributed by atoms with Crippen LogP contribution in [0.25, 0.3) is 0 Å². The molecule has 0 unspecified atom stereocenters. The normalized spacial score (nSPS) is 9.00. The predicted octanol–water partition coefficient (Wildman–Crippen LogP) is 1.51. The van der Waals surface area contributed by atoms with Gasteiger partial charge in [-0.3, -0.25) is 0 Å². The molecule has 0 saturated heterocycles. The molecule has 0 aliphatic heterocycles. The van der Waals surface area contributed by atoms with E-state index in [0.29, 0.717) is 0 Å². The smallest absolute Gasteiger partial charge is 0.338 e. The first kappa shape index (κ1) is 10.5. The summed E-state index contributed by atoms with van der Waals surface area (Å²) < 4.78 is 12.8. The second-order valence-corrected chi connectivity index (χ2v) is 2.56. The maximum absolute atomic E-state index is 12.8. The molecule has 0 bridgehead atoms. The molecule has 3 nitrogen and oxygen atoms in total. The number of nitrogens with zero attached hydrogens (tertiary/aromatic N) is 1. The number of rotatable bonds is 1. The van der Waals surface area contributed by atoms with Crippen molar-refractivity contribution in [2.45, 2.75) is 0 Å². The molecular weight excluding hydrogens is 209 g/mol. The van der Waals surface area contributed by atoms with Gasteiger partial charge in [0.25, 0.3) is 0 Å². The van der Waals surface area contributed by atoms with Crippen molar-refractivity contribution in [3.63, 3.8) is 0 Å². The van der Waals surface area contributed by atoms with Gasteiger partial charge in [0.15, 0.2) is 5.82 Å². The Hall–Kier alpha value is -1.60. The number of hydrogen-bond donors (Lipinski definition) is 1. The Labute approximate surface area is 84.5 Å². The molecule has 0 fully saturated rings. The van der Waals surface area contributed by atoms with Crippen molar-refractivity contribution in [1.29, 1.82) is 0 Å². The Morgan fingerprint density at radius 1 is 1.71 bits per heavy atom. The molecular formula is C9H5ClFNO2. The SMILES string of the molecule is O=C(O)c1cc(C#CCCl)ncc1F. The molecule has 0 aliphatic rings. The van der Waals surface area contributed by atoms with E-state index in [1.807, 2.05) is 0 Å². The number of carboxylic acid groups (broad SMARTS) is 1. The Kier molecular flexibility index (Phi) is 3.43. The average molecular weight is 214 g/mol. The third-order valence-corrected chi connectivity index (χ3v) is 1.50. The number of halogens is 2. The van der Waals surface area contributed by atoms with Crippen LogP contribution in [0.15, 0.2) is 12.3 Å². The fourth-order valence-electron chi connectivity index (χ4n) is 0.795. The lowest BCUT2D eigenvalue weighted by atomic mass is 10.2. The van der Waals surface area contributed by atoms with Crippen molar-refractivity contribution < 1.29 is 14.3 Å². The first-order valence-electron chi connectivity index (χ1n) is 3.59. The van der Waals surface area contributed by atoms with Crippen LogP contribution >= 0.6 is 11.6 Å². The molecule has 14 heavy (non-hydrogen) atoms. The van der Waals surface area contributed by atoms with E-state index in [0.717, 1.165) is 12.3 Å². The molecule has 0 aromatic carbocycles. The summed E-state index contributed by atoms with van der Waals surface area (Å²) in [6.45, 7) is 0. The van der Waals surface area contributed by atoms with Crippen LogP contribution in [-0.4, -0.2) is 21.9 Å². The van der Waals surface area contributed by atoms with Gasteiger partial charge in [0, 0.05) is 0 Å². The van der Waals surface area contributed by atoms with Crippen LogP contribution in [0.2, 0.25) is 0 Å². The fraction of sp³-hybridized carbons (Fsp3) is 0.111. The molecule has 1 N–H and O–H groups in total. The first-order chi connectivity index (χ1) is 6.65. The zero-order chi connectivity index (χ0) is 10.6. The lowest BCUT2D eigenvalue weighted by Crippen LogP contribution is -2.02. The monoisotopic (exact) mass is 213 g/mol. The molecule has 1 rings (SSSR count). The third-order valence-electron chi connectivity index (χ3n) is 1.37. The molecule has 1 aromatic rings. The van der Waals surface area contributed by atoms with E-state index >= 15 is 0 Å². The highest BCUT2D eigenvalue weighted by atomic mass is 35.5. The molecule has 72 valence electrons. The summed E-state index contributed by atoms with van der Waals surface area (Å²) in [7, 11) is 0. The van der Waals surface area contributed by atoms with Gasteiger partial charge in [-0.2, -0.15) is 0 Å². The molecule has 5 heteroatoms. The highest BCUT2D eigenvalue weighted by molar-refractivity contribution is 6.19. The molecule has 0 atom stereocenters. The van der Waals surface area contributed by atoms with Crippen molar-refractivity contribution in [2.75, 3.05) is 5.88 Å². The highest BCUT2D eigenvalue weighted by Gasteiger charge is 2.10. The van der Waals surface area contributed by atoms with E-state index in [9.17, 15) is 9.18 Å². The topological polar surface area (TPSA) is 50.2 Å². The molecule has 1 heterocycles. The van der Waals surface area contributed by atoms with E-state index in [1.54, 1.807) is 0 Å². The predicted molar refractivity (Wildman–Crippen MR) is 48.8 cm³/mol. The van der Waals surface area contributed by atoms with Crippen molar-refractivity contribution in [1.82, 2.24) is 4.98 Å². The van der Waals surface area contributed by atoms with Gasteiger partial charge in [-0.05, 0) is 12.0 Å². The van der Waals surface area contributed by atoms with E-state index in [-0.39, 0.29) is 11.6 Å². The molecule has 1 aromatic heterocycles. The van der Waals surface area contributed by atoms with Gasteiger partial charge in [-0.15, -0.1) is 11.6 Å². The van der Waals surface area contributed by atoms with Crippen molar-refractivity contribution in [3.8, 4) is 11.8 Å². The second kappa shape index (κ2) is 4.58. The molecule has 0 saturated carbocycles. The zero-order valence-corrected chi connectivity index (χ0v) is 7.68. The van der Waals surface area contributed by atoms with Gasteiger partial charge < -0.3 is 5.11 Å². The van der Waals surface area contributed by atoms with Gasteiger partial charge in [-0.25, -0.2) is 14.2 Å². The van der Waals surface area contributed by atoms with Crippen LogP contribution in [0.5, 0.6) is 0 Å². The lowest BCUT2D eigenvalue weighted by molar-refractivity contribution is 0.0691. The van der Waals surface area contributed by atoms with Gasteiger partial charge in [-0.1, -0.05) is 5.92 Å². The van der Waals surface area contributed by atoms with Crippen molar-refractivity contribution in [2.24, 2.45) is 0 Å². The minimum Gasteiger partial charge on any atom is -0.478 e. The minimum atomic E-state index is -1.35. The quantitative estimate of drug-likeness (QED) is 0.568. The second-order valence-electron chi connectivity index (χ2n) is 2.29. The Bertz CT molecular complexity index is 423. The van der Waals surface area contributed by atoms with Crippen LogP contribution in [0, 0.1) is 17.7 Å². The number of pyridine rings is 1. The van der Waals surface area contributed by atoms with Crippen LogP contribution in [0.3, 0.4) is 0 Å². The average Bonchev–Trinajstić information content (AvgIpc) is 2.16. The Morgan fingerprint density at radius 3 is 3.00 bits per heavy atom. The maximum atomic E-state index is 12.8. The van der Waals surface area contributed by atoms with Crippen LogP contribution < -0.4 is 0 Å².